The van der Waals surface area contributed by atoms with E-state index in [2.05, 4.69) is 89.3 Å². The van der Waals surface area contributed by atoms with E-state index in [4.69, 9.17) is 9.72 Å². The Hall–Kier alpha value is -1.56. The molecule has 0 aliphatic heterocycles. The molecular weight excluding hydrogens is 753 g/mol. The molecule has 0 spiro atoms. The molecule has 0 N–H and O–H groups in total. The van der Waals surface area contributed by atoms with E-state index in [1.165, 1.54) is 4.68 Å². The van der Waals surface area contributed by atoms with Crippen LogP contribution in [0.25, 0.3) is 10.9 Å². The van der Waals surface area contributed by atoms with E-state index < -0.39 is 0 Å². The molecule has 0 aliphatic carbocycles. The van der Waals surface area contributed by atoms with E-state index in [1.807, 2.05) is 48.5 Å². The summed E-state index contributed by atoms with van der Waals surface area (Å²) >= 11 is 12.7. The van der Waals surface area contributed by atoms with Gasteiger partial charge in [-0.3, -0.25) is 4.79 Å². The lowest BCUT2D eigenvalue weighted by molar-refractivity contribution is 0.303. The van der Waals surface area contributed by atoms with Crippen molar-refractivity contribution >= 4 is 87.5 Å². The molecule has 35 heavy (non-hydrogen) atoms. The van der Waals surface area contributed by atoms with Gasteiger partial charge in [0.1, 0.15) is 18.2 Å². The van der Waals surface area contributed by atoms with Crippen molar-refractivity contribution in [3.05, 3.63) is 98.9 Å². The Morgan fingerprint density at radius 2 is 1.83 bits per heavy atom. The zero-order valence-electron chi connectivity index (χ0n) is 18.9. The quantitative estimate of drug-likeness (QED) is 0.141. The summed E-state index contributed by atoms with van der Waals surface area (Å²) in [6.07, 6.45) is 2.54. The molecule has 1 heterocycles. The van der Waals surface area contributed by atoms with E-state index in [9.17, 15) is 4.79 Å². The summed E-state index contributed by atoms with van der Waals surface area (Å²) in [5.41, 5.74) is 2.41. The molecule has 0 saturated heterocycles. The summed E-state index contributed by atoms with van der Waals surface area (Å²) in [4.78, 5) is 18.1. The number of fused-ring (bicyclic) bond motifs is 1. The number of hydrogen-bond donors (Lipinski definition) is 0. The van der Waals surface area contributed by atoms with Crippen molar-refractivity contribution in [1.82, 2.24) is 9.66 Å². The summed E-state index contributed by atoms with van der Waals surface area (Å²) in [5.74, 6) is 1.52. The average molecular weight is 774 g/mol. The minimum atomic E-state index is -0.183. The second-order valence-electron chi connectivity index (χ2n) is 8.02. The Bertz CT molecular complexity index is 1490. The molecule has 0 bridgehead atoms. The van der Waals surface area contributed by atoms with Gasteiger partial charge in [0.05, 0.1) is 20.7 Å². The van der Waals surface area contributed by atoms with Gasteiger partial charge in [-0.1, -0.05) is 67.7 Å². The summed E-state index contributed by atoms with van der Waals surface area (Å²) in [5, 5.41) is 5.08. The van der Waals surface area contributed by atoms with Gasteiger partial charge in [-0.25, -0.2) is 4.98 Å². The van der Waals surface area contributed by atoms with Crippen LogP contribution in [0.4, 0.5) is 0 Å². The predicted octanol–water partition coefficient (Wildman–Crippen LogP) is 8.26. The van der Waals surface area contributed by atoms with Gasteiger partial charge in [0.25, 0.3) is 5.56 Å². The lowest BCUT2D eigenvalue weighted by Crippen LogP contribution is -2.23. The molecule has 4 rings (SSSR count). The SMILES string of the molecule is CC[C@H](C)c1nc2ccc(Br)cc2c(=O)n1N=Cc1ccc(OCc2ccc(Br)cc2Br)c(I)c1. The number of benzene rings is 3. The molecule has 5 nitrogen and oxygen atoms in total. The number of halogens is 4. The normalized spacial score (nSPS) is 12.4. The first kappa shape index (κ1) is 26.5. The third kappa shape index (κ3) is 6.23. The van der Waals surface area contributed by atoms with Crippen LogP contribution in [-0.4, -0.2) is 15.9 Å². The van der Waals surface area contributed by atoms with Crippen LogP contribution in [0.5, 0.6) is 5.75 Å². The van der Waals surface area contributed by atoms with Crippen LogP contribution in [0.15, 0.2) is 77.9 Å². The number of ether oxygens (including phenoxy) is 1. The molecule has 0 radical (unpaired) electrons. The van der Waals surface area contributed by atoms with Gasteiger partial charge in [0.2, 0.25) is 0 Å². The molecule has 0 saturated carbocycles. The van der Waals surface area contributed by atoms with Crippen molar-refractivity contribution in [2.75, 3.05) is 0 Å². The number of rotatable bonds is 7. The van der Waals surface area contributed by atoms with Crippen LogP contribution in [-0.2, 0) is 6.61 Å². The second kappa shape index (κ2) is 11.7. The van der Waals surface area contributed by atoms with Crippen molar-refractivity contribution in [2.24, 2.45) is 5.10 Å². The highest BCUT2D eigenvalue weighted by molar-refractivity contribution is 14.1. The summed E-state index contributed by atoms with van der Waals surface area (Å²) in [6, 6.07) is 17.4. The fraction of sp³-hybridized carbons (Fsp3) is 0.192. The molecule has 1 atom stereocenters. The van der Waals surface area contributed by atoms with Crippen molar-refractivity contribution in [3.63, 3.8) is 0 Å². The van der Waals surface area contributed by atoms with Crippen LogP contribution in [0.3, 0.4) is 0 Å². The monoisotopic (exact) mass is 771 g/mol. The van der Waals surface area contributed by atoms with Gasteiger partial charge in [0, 0.05) is 24.9 Å². The highest BCUT2D eigenvalue weighted by atomic mass is 127. The molecule has 9 heteroatoms. The maximum atomic E-state index is 13.3. The van der Waals surface area contributed by atoms with E-state index in [1.54, 1.807) is 12.3 Å². The van der Waals surface area contributed by atoms with E-state index in [0.717, 1.165) is 40.3 Å². The number of aromatic nitrogens is 2. The van der Waals surface area contributed by atoms with Crippen molar-refractivity contribution in [2.45, 2.75) is 32.8 Å². The van der Waals surface area contributed by atoms with Gasteiger partial charge >= 0.3 is 0 Å². The zero-order chi connectivity index (χ0) is 25.1. The predicted molar refractivity (Wildman–Crippen MR) is 161 cm³/mol. The van der Waals surface area contributed by atoms with Gasteiger partial charge in [-0.15, -0.1) is 0 Å². The smallest absolute Gasteiger partial charge is 0.282 e. The largest absolute Gasteiger partial charge is 0.488 e. The lowest BCUT2D eigenvalue weighted by atomic mass is 10.1. The Morgan fingerprint density at radius 3 is 2.54 bits per heavy atom. The Balaban J connectivity index is 1.62. The standard InChI is InChI=1S/C26H21Br3IN3O2/c1-3-15(2)25-32-23-8-7-18(27)11-20(23)26(34)33(25)31-13-16-4-9-24(22(30)10-16)35-14-17-5-6-19(28)12-21(17)29/h4-13,15H,3,14H2,1-2H3/t15-/m0/s1. The van der Waals surface area contributed by atoms with Crippen LogP contribution >= 0.6 is 70.4 Å². The molecule has 4 aromatic rings. The summed E-state index contributed by atoms with van der Waals surface area (Å²) < 4.78 is 11.2. The van der Waals surface area contributed by atoms with Crippen molar-refractivity contribution in [3.8, 4) is 5.75 Å². The fourth-order valence-corrected chi connectivity index (χ4v) is 5.63. The molecular formula is C26H21Br3IN3O2. The first-order valence-electron chi connectivity index (χ1n) is 10.9. The molecule has 0 fully saturated rings. The third-order valence-electron chi connectivity index (χ3n) is 5.56. The number of hydrogen-bond acceptors (Lipinski definition) is 4. The van der Waals surface area contributed by atoms with Gasteiger partial charge in [0.15, 0.2) is 0 Å². The third-order valence-corrected chi connectivity index (χ3v) is 8.13. The highest BCUT2D eigenvalue weighted by Gasteiger charge is 2.15. The van der Waals surface area contributed by atoms with E-state index in [0.29, 0.717) is 23.3 Å². The van der Waals surface area contributed by atoms with Crippen LogP contribution < -0.4 is 10.3 Å². The Morgan fingerprint density at radius 1 is 1.09 bits per heavy atom. The second-order valence-corrected chi connectivity index (χ2v) is 11.9. The molecule has 0 unspecified atom stereocenters. The minimum absolute atomic E-state index is 0.0849. The summed E-state index contributed by atoms with van der Waals surface area (Å²) in [7, 11) is 0. The first-order valence-corrected chi connectivity index (χ1v) is 14.4. The molecule has 0 aliphatic rings. The number of nitrogens with zero attached hydrogens (tertiary/aromatic N) is 3. The fourth-order valence-electron chi connectivity index (χ4n) is 3.41. The first-order chi connectivity index (χ1) is 16.8. The topological polar surface area (TPSA) is 56.5 Å². The minimum Gasteiger partial charge on any atom is -0.488 e. The van der Waals surface area contributed by atoms with Crippen LogP contribution in [0.2, 0.25) is 0 Å². The zero-order valence-corrected chi connectivity index (χ0v) is 25.9. The Kier molecular flexibility index (Phi) is 8.83. The van der Waals surface area contributed by atoms with Crippen LogP contribution in [0.1, 0.15) is 43.1 Å². The van der Waals surface area contributed by atoms with Gasteiger partial charge in [-0.2, -0.15) is 9.78 Å². The maximum absolute atomic E-state index is 13.3. The van der Waals surface area contributed by atoms with Gasteiger partial charge in [-0.05, 0) is 83.1 Å². The van der Waals surface area contributed by atoms with Gasteiger partial charge < -0.3 is 4.74 Å². The van der Waals surface area contributed by atoms with Crippen molar-refractivity contribution in [1.29, 1.82) is 0 Å². The maximum Gasteiger partial charge on any atom is 0.282 e. The van der Waals surface area contributed by atoms with Crippen LogP contribution in [0, 0.1) is 3.57 Å². The average Bonchev–Trinajstić information content (AvgIpc) is 2.83. The Labute approximate surface area is 242 Å². The molecule has 1 aromatic heterocycles. The molecule has 0 amide bonds. The highest BCUT2D eigenvalue weighted by Crippen LogP contribution is 2.26. The summed E-state index contributed by atoms with van der Waals surface area (Å²) in [6.45, 7) is 4.57. The van der Waals surface area contributed by atoms with Crippen molar-refractivity contribution < 1.29 is 4.74 Å². The lowest BCUT2D eigenvalue weighted by Gasteiger charge is -2.14. The molecule has 3 aromatic carbocycles. The van der Waals surface area contributed by atoms with E-state index in [-0.39, 0.29) is 11.5 Å². The van der Waals surface area contributed by atoms with E-state index >= 15 is 0 Å². The molecule has 180 valence electrons.